The predicted octanol–water partition coefficient (Wildman–Crippen LogP) is 3.81. The molecule has 1 aromatic rings. The summed E-state index contributed by atoms with van der Waals surface area (Å²) in [4.78, 5) is 0. The maximum Gasteiger partial charge on any atom is 0.0314 e. The molecule has 15 heavy (non-hydrogen) atoms. The molecule has 0 saturated carbocycles. The fraction of sp³-hybridized carbons (Fsp3) is 0.231. The Morgan fingerprint density at radius 2 is 1.87 bits per heavy atom. The van der Waals surface area contributed by atoms with Crippen molar-refractivity contribution in [1.29, 1.82) is 0 Å². The molecule has 0 amide bonds. The van der Waals surface area contributed by atoms with Crippen LogP contribution >= 0.6 is 11.6 Å². The van der Waals surface area contributed by atoms with Crippen LogP contribution in [-0.4, -0.2) is 0 Å². The van der Waals surface area contributed by atoms with E-state index in [4.69, 9.17) is 17.3 Å². The predicted molar refractivity (Wildman–Crippen MR) is 66.5 cm³/mol. The minimum absolute atomic E-state index is 0.478. The molecule has 1 nitrogen and oxygen atoms in total. The minimum atomic E-state index is 0.478. The maximum absolute atomic E-state index is 5.99. The number of benzene rings is 1. The zero-order valence-electron chi connectivity index (χ0n) is 8.70. The highest BCUT2D eigenvalue weighted by atomic mass is 35.5. The van der Waals surface area contributed by atoms with Crippen LogP contribution < -0.4 is 5.73 Å². The van der Waals surface area contributed by atoms with E-state index in [0.717, 1.165) is 17.1 Å². The maximum atomic E-state index is 5.99. The van der Waals surface area contributed by atoms with Gasteiger partial charge in [0.1, 0.15) is 0 Å². The van der Waals surface area contributed by atoms with E-state index in [1.54, 1.807) is 0 Å². The molecule has 2 rings (SSSR count). The second-order valence-electron chi connectivity index (χ2n) is 3.96. The van der Waals surface area contributed by atoms with E-state index in [1.807, 2.05) is 18.2 Å². The van der Waals surface area contributed by atoms with Gasteiger partial charge < -0.3 is 5.73 Å². The lowest BCUT2D eigenvalue weighted by Crippen LogP contribution is -2.02. The van der Waals surface area contributed by atoms with E-state index < -0.39 is 0 Å². The lowest BCUT2D eigenvalue weighted by atomic mass is 9.88. The Labute approximate surface area is 95.2 Å². The Bertz CT molecular complexity index is 415. The monoisotopic (exact) mass is 219 g/mol. The van der Waals surface area contributed by atoms with Gasteiger partial charge in [0.2, 0.25) is 0 Å². The van der Waals surface area contributed by atoms with E-state index >= 15 is 0 Å². The Kier molecular flexibility index (Phi) is 2.83. The van der Waals surface area contributed by atoms with Crippen molar-refractivity contribution >= 4 is 22.9 Å². The molecule has 2 heteroatoms. The van der Waals surface area contributed by atoms with Crippen LogP contribution in [0, 0.1) is 5.92 Å². The fourth-order valence-corrected chi connectivity index (χ4v) is 2.17. The van der Waals surface area contributed by atoms with Gasteiger partial charge in [-0.3, -0.25) is 0 Å². The first-order chi connectivity index (χ1) is 7.16. The highest BCUT2D eigenvalue weighted by Gasteiger charge is 2.15. The quantitative estimate of drug-likeness (QED) is 0.715. The second kappa shape index (κ2) is 4.11. The van der Waals surface area contributed by atoms with Gasteiger partial charge in [0.25, 0.3) is 0 Å². The number of anilines is 1. The summed E-state index contributed by atoms with van der Waals surface area (Å²) in [5.74, 6) is 0.478. The molecule has 0 aromatic heterocycles. The molecule has 78 valence electrons. The Morgan fingerprint density at radius 3 is 2.47 bits per heavy atom. The van der Waals surface area contributed by atoms with Crippen molar-refractivity contribution in [1.82, 2.24) is 0 Å². The van der Waals surface area contributed by atoms with Crippen molar-refractivity contribution in [2.45, 2.75) is 13.3 Å². The normalized spacial score (nSPS) is 20.8. The topological polar surface area (TPSA) is 26.0 Å². The average molecular weight is 220 g/mol. The van der Waals surface area contributed by atoms with Crippen molar-refractivity contribution in [2.75, 3.05) is 5.73 Å². The summed E-state index contributed by atoms with van der Waals surface area (Å²) >= 11 is 5.99. The minimum Gasteiger partial charge on any atom is -0.399 e. The number of nitrogens with two attached hydrogens (primary N) is 1. The summed E-state index contributed by atoms with van der Waals surface area (Å²) in [6, 6.07) is 7.99. The molecule has 0 fully saturated rings. The van der Waals surface area contributed by atoms with Gasteiger partial charge >= 0.3 is 0 Å². The number of hydrogen-bond donors (Lipinski definition) is 1. The highest BCUT2D eigenvalue weighted by Crippen LogP contribution is 2.33. The number of rotatable bonds is 1. The van der Waals surface area contributed by atoms with Gasteiger partial charge in [0, 0.05) is 10.7 Å². The standard InChI is InChI=1S/C13H14ClN/c1-9-8-11(14)4-7-13(9)10-2-5-12(15)6-3-10/h2-7,9H,8,15H2,1H3. The molecule has 1 atom stereocenters. The van der Waals surface area contributed by atoms with Crippen LogP contribution in [0.25, 0.3) is 5.57 Å². The van der Waals surface area contributed by atoms with Crippen LogP contribution in [0.1, 0.15) is 18.9 Å². The molecule has 2 N–H and O–H groups in total. The van der Waals surface area contributed by atoms with Gasteiger partial charge in [-0.1, -0.05) is 36.7 Å². The summed E-state index contributed by atoms with van der Waals surface area (Å²) < 4.78 is 0. The van der Waals surface area contributed by atoms with Gasteiger partial charge in [0.15, 0.2) is 0 Å². The summed E-state index contributed by atoms with van der Waals surface area (Å²) in [7, 11) is 0. The molecular formula is C13H14ClN. The molecule has 0 aliphatic heterocycles. The first-order valence-electron chi connectivity index (χ1n) is 5.09. The lowest BCUT2D eigenvalue weighted by Gasteiger charge is -2.19. The smallest absolute Gasteiger partial charge is 0.0314 e. The van der Waals surface area contributed by atoms with Crippen molar-refractivity contribution in [3.05, 3.63) is 47.0 Å². The Balaban J connectivity index is 2.35. The highest BCUT2D eigenvalue weighted by molar-refractivity contribution is 6.30. The fourth-order valence-electron chi connectivity index (χ4n) is 1.87. The summed E-state index contributed by atoms with van der Waals surface area (Å²) in [6.45, 7) is 2.19. The molecule has 1 aromatic carbocycles. The van der Waals surface area contributed by atoms with Crippen LogP contribution in [0.5, 0.6) is 0 Å². The summed E-state index contributed by atoms with van der Waals surface area (Å²) in [5.41, 5.74) is 9.03. The zero-order chi connectivity index (χ0) is 10.8. The third-order valence-electron chi connectivity index (χ3n) is 2.72. The third-order valence-corrected chi connectivity index (χ3v) is 3.00. The molecule has 0 spiro atoms. The van der Waals surface area contributed by atoms with Crippen LogP contribution in [0.3, 0.4) is 0 Å². The van der Waals surface area contributed by atoms with E-state index in [1.165, 1.54) is 11.1 Å². The van der Waals surface area contributed by atoms with Gasteiger partial charge in [-0.25, -0.2) is 0 Å². The first kappa shape index (κ1) is 10.3. The van der Waals surface area contributed by atoms with E-state index in [-0.39, 0.29) is 0 Å². The van der Waals surface area contributed by atoms with Crippen molar-refractivity contribution in [2.24, 2.45) is 5.92 Å². The average Bonchev–Trinajstić information content (AvgIpc) is 2.20. The zero-order valence-corrected chi connectivity index (χ0v) is 9.46. The largest absolute Gasteiger partial charge is 0.399 e. The van der Waals surface area contributed by atoms with E-state index in [0.29, 0.717) is 5.92 Å². The number of allylic oxidation sites excluding steroid dienone is 4. The second-order valence-corrected chi connectivity index (χ2v) is 4.45. The van der Waals surface area contributed by atoms with Gasteiger partial charge in [-0.15, -0.1) is 0 Å². The van der Waals surface area contributed by atoms with Crippen molar-refractivity contribution < 1.29 is 0 Å². The van der Waals surface area contributed by atoms with Crippen molar-refractivity contribution in [3.63, 3.8) is 0 Å². The molecule has 0 saturated heterocycles. The first-order valence-corrected chi connectivity index (χ1v) is 5.47. The molecule has 0 bridgehead atoms. The van der Waals surface area contributed by atoms with Gasteiger partial charge in [-0.2, -0.15) is 0 Å². The third kappa shape index (κ3) is 2.24. The SMILES string of the molecule is CC1CC(Cl)=CC=C1c1ccc(N)cc1. The van der Waals surface area contributed by atoms with Gasteiger partial charge in [0.05, 0.1) is 0 Å². The number of nitrogen functional groups attached to an aromatic ring is 1. The lowest BCUT2D eigenvalue weighted by molar-refractivity contribution is 0.749. The molecular weight excluding hydrogens is 206 g/mol. The molecule has 0 heterocycles. The van der Waals surface area contributed by atoms with E-state index in [9.17, 15) is 0 Å². The van der Waals surface area contributed by atoms with Crippen LogP contribution in [0.15, 0.2) is 41.4 Å². The molecule has 1 aliphatic rings. The van der Waals surface area contributed by atoms with Crippen LogP contribution in [0.4, 0.5) is 5.69 Å². The Hall–Kier alpha value is -1.21. The molecule has 1 unspecified atom stereocenters. The number of halogens is 1. The molecule has 1 aliphatic carbocycles. The van der Waals surface area contributed by atoms with Crippen LogP contribution in [-0.2, 0) is 0 Å². The van der Waals surface area contributed by atoms with Gasteiger partial charge in [-0.05, 0) is 41.7 Å². The summed E-state index contributed by atoms with van der Waals surface area (Å²) in [6.07, 6.45) is 5.01. The van der Waals surface area contributed by atoms with Crippen molar-refractivity contribution in [3.8, 4) is 0 Å². The summed E-state index contributed by atoms with van der Waals surface area (Å²) in [5, 5.41) is 0.932. The van der Waals surface area contributed by atoms with Crippen LogP contribution in [0.2, 0.25) is 0 Å². The number of hydrogen-bond acceptors (Lipinski definition) is 1. The van der Waals surface area contributed by atoms with E-state index in [2.05, 4.69) is 25.1 Å². The Morgan fingerprint density at radius 1 is 1.20 bits per heavy atom. The molecule has 0 radical (unpaired) electrons.